The molecule has 0 aliphatic heterocycles. The van der Waals surface area contributed by atoms with Gasteiger partial charge in [0.05, 0.1) is 22.1 Å². The first-order valence-electron chi connectivity index (χ1n) is 9.72. The number of pyridine rings is 1. The van der Waals surface area contributed by atoms with Gasteiger partial charge < -0.3 is 4.57 Å². The fourth-order valence-corrected chi connectivity index (χ4v) is 4.61. The van der Waals surface area contributed by atoms with E-state index in [2.05, 4.69) is 16.0 Å². The van der Waals surface area contributed by atoms with Crippen LogP contribution in [-0.2, 0) is 28.7 Å². The van der Waals surface area contributed by atoms with E-state index in [4.69, 9.17) is 11.6 Å². The molecule has 0 spiro atoms. The number of nitrogens with zero attached hydrogens (tertiary/aromatic N) is 4. The monoisotopic (exact) mass is 474 g/mol. The molecule has 2 atom stereocenters. The fourth-order valence-electron chi connectivity index (χ4n) is 3.47. The van der Waals surface area contributed by atoms with Crippen LogP contribution in [0.5, 0.6) is 0 Å². The summed E-state index contributed by atoms with van der Waals surface area (Å²) in [7, 11) is -2.10. The van der Waals surface area contributed by atoms with Crippen LogP contribution in [0.2, 0.25) is 0 Å². The van der Waals surface area contributed by atoms with Gasteiger partial charge in [0, 0.05) is 25.1 Å². The highest BCUT2D eigenvalue weighted by Crippen LogP contribution is 2.48. The van der Waals surface area contributed by atoms with Gasteiger partial charge in [0.15, 0.2) is 15.7 Å². The molecule has 3 rings (SSSR count). The Morgan fingerprint density at radius 2 is 1.97 bits per heavy atom. The molecule has 0 bridgehead atoms. The average Bonchev–Trinajstić information content (AvgIpc) is 3.45. The van der Waals surface area contributed by atoms with Crippen molar-refractivity contribution >= 4 is 21.4 Å². The number of hydrogen-bond acceptors (Lipinski definition) is 5. The zero-order valence-electron chi connectivity index (χ0n) is 17.2. The molecule has 6 nitrogen and oxygen atoms in total. The highest BCUT2D eigenvalue weighted by Gasteiger charge is 2.46. The van der Waals surface area contributed by atoms with E-state index in [0.29, 0.717) is 24.1 Å². The molecule has 11 heteroatoms. The van der Waals surface area contributed by atoms with Gasteiger partial charge in [0.1, 0.15) is 11.1 Å². The Morgan fingerprint density at radius 3 is 2.48 bits per heavy atom. The topological polar surface area (TPSA) is 88.6 Å². The van der Waals surface area contributed by atoms with Crippen molar-refractivity contribution in [2.24, 2.45) is 13.0 Å². The number of halogens is 4. The first-order chi connectivity index (χ1) is 14.4. The second-order valence-corrected chi connectivity index (χ2v) is 10.6. The molecule has 2 unspecified atom stereocenters. The Bertz CT molecular complexity index is 1130. The Morgan fingerprint density at radius 1 is 1.32 bits per heavy atom. The average molecular weight is 475 g/mol. The highest BCUT2D eigenvalue weighted by atomic mass is 35.5. The van der Waals surface area contributed by atoms with Crippen LogP contribution in [-0.4, -0.2) is 40.3 Å². The third-order valence-electron chi connectivity index (χ3n) is 5.72. The van der Waals surface area contributed by atoms with E-state index < -0.39 is 32.7 Å². The van der Waals surface area contributed by atoms with E-state index in [-0.39, 0.29) is 28.6 Å². The number of aromatic nitrogens is 3. The number of rotatable bonds is 7. The third-order valence-corrected chi connectivity index (χ3v) is 8.14. The van der Waals surface area contributed by atoms with Crippen LogP contribution in [0.4, 0.5) is 13.2 Å². The normalized spacial score (nSPS) is 17.7. The summed E-state index contributed by atoms with van der Waals surface area (Å²) in [5, 5.41) is 7.43. The predicted molar refractivity (Wildman–Crippen MR) is 109 cm³/mol. The van der Waals surface area contributed by atoms with Crippen LogP contribution < -0.4 is 0 Å². The van der Waals surface area contributed by atoms with E-state index in [1.165, 1.54) is 36.9 Å². The zero-order chi connectivity index (χ0) is 23.2. The number of alkyl halides is 4. The molecule has 0 saturated heterocycles. The summed E-state index contributed by atoms with van der Waals surface area (Å²) in [4.78, 5) is 8.53. The summed E-state index contributed by atoms with van der Waals surface area (Å²) in [6.07, 6.45) is -0.361. The van der Waals surface area contributed by atoms with Gasteiger partial charge in [-0.05, 0) is 36.8 Å². The van der Waals surface area contributed by atoms with E-state index >= 15 is 0 Å². The van der Waals surface area contributed by atoms with Gasteiger partial charge in [0.2, 0.25) is 0 Å². The van der Waals surface area contributed by atoms with Crippen LogP contribution in [0.25, 0.3) is 11.5 Å². The van der Waals surface area contributed by atoms with Crippen molar-refractivity contribution in [1.82, 2.24) is 14.5 Å². The molecule has 0 N–H and O–H groups in total. The van der Waals surface area contributed by atoms with E-state index in [9.17, 15) is 26.9 Å². The van der Waals surface area contributed by atoms with Crippen LogP contribution >= 0.6 is 11.6 Å². The van der Waals surface area contributed by atoms with E-state index in [1.807, 2.05) is 0 Å². The van der Waals surface area contributed by atoms with Gasteiger partial charge in [-0.25, -0.2) is 13.4 Å². The van der Waals surface area contributed by atoms with E-state index in [0.717, 1.165) is 0 Å². The second-order valence-electron chi connectivity index (χ2n) is 7.93. The van der Waals surface area contributed by atoms with Crippen LogP contribution in [0.15, 0.2) is 23.4 Å². The molecule has 0 radical (unpaired) electrons. The van der Waals surface area contributed by atoms with Gasteiger partial charge in [-0.15, -0.1) is 11.6 Å². The fraction of sp³-hybridized carbons (Fsp3) is 0.550. The van der Waals surface area contributed by atoms with E-state index in [1.54, 1.807) is 7.05 Å². The minimum absolute atomic E-state index is 0.00264. The van der Waals surface area contributed by atoms with Crippen molar-refractivity contribution in [3.05, 3.63) is 29.7 Å². The summed E-state index contributed by atoms with van der Waals surface area (Å²) in [6.45, 7) is 2.90. The molecule has 31 heavy (non-hydrogen) atoms. The van der Waals surface area contributed by atoms with Gasteiger partial charge in [-0.2, -0.15) is 18.4 Å². The lowest BCUT2D eigenvalue weighted by Gasteiger charge is -2.20. The smallest absolute Gasteiger partial charge is 0.330 e. The Kier molecular flexibility index (Phi) is 6.15. The van der Waals surface area contributed by atoms with Gasteiger partial charge in [0.25, 0.3) is 0 Å². The molecular weight excluding hydrogens is 453 g/mol. The molecule has 0 aromatic carbocycles. The number of sulfone groups is 1. The molecule has 1 aliphatic carbocycles. The molecule has 1 aliphatic rings. The largest absolute Gasteiger partial charge is 0.405 e. The van der Waals surface area contributed by atoms with Crippen molar-refractivity contribution in [2.75, 3.05) is 5.75 Å². The zero-order valence-corrected chi connectivity index (χ0v) is 18.8. The second kappa shape index (κ2) is 8.10. The van der Waals surface area contributed by atoms with Crippen LogP contribution in [0.1, 0.15) is 37.9 Å². The SMILES string of the molecule is CCS(=O)(=O)c1cc(C2(C#N)CC2)cnc1-c1ncc(CC(C)C(Cl)C(F)(F)F)n1C. The molecule has 2 heterocycles. The lowest BCUT2D eigenvalue weighted by atomic mass is 9.99. The predicted octanol–water partition coefficient (Wildman–Crippen LogP) is 4.18. The van der Waals surface area contributed by atoms with Crippen molar-refractivity contribution in [1.29, 1.82) is 5.26 Å². The van der Waals surface area contributed by atoms with Gasteiger partial charge >= 0.3 is 6.18 Å². The molecule has 168 valence electrons. The molecule has 2 aromatic heterocycles. The molecule has 1 saturated carbocycles. The van der Waals surface area contributed by atoms with Gasteiger partial charge in [-0.3, -0.25) is 4.98 Å². The minimum Gasteiger partial charge on any atom is -0.330 e. The highest BCUT2D eigenvalue weighted by molar-refractivity contribution is 7.91. The molecule has 0 amide bonds. The number of nitriles is 1. The summed E-state index contributed by atoms with van der Waals surface area (Å²) in [5.74, 6) is -0.858. The maximum atomic E-state index is 12.9. The maximum absolute atomic E-state index is 12.9. The molecule has 2 aromatic rings. The quantitative estimate of drug-likeness (QED) is 0.562. The summed E-state index contributed by atoms with van der Waals surface area (Å²) >= 11 is 5.54. The van der Waals surface area contributed by atoms with Crippen LogP contribution in [0, 0.1) is 17.2 Å². The van der Waals surface area contributed by atoms with Crippen molar-refractivity contribution in [3.8, 4) is 17.6 Å². The first-order valence-corrected chi connectivity index (χ1v) is 11.8. The summed E-state index contributed by atoms with van der Waals surface area (Å²) < 4.78 is 65.8. The Balaban J connectivity index is 2.03. The third kappa shape index (κ3) is 4.44. The number of imidazole rings is 1. The molecular formula is C20H22ClF3N4O2S. The maximum Gasteiger partial charge on any atom is 0.405 e. The first kappa shape index (κ1) is 23.5. The number of hydrogen-bond donors (Lipinski definition) is 0. The Labute approximate surface area is 184 Å². The minimum atomic E-state index is -4.53. The lowest BCUT2D eigenvalue weighted by Crippen LogP contribution is -2.31. The molecule has 1 fully saturated rings. The standard InChI is InChI=1S/C20H22ClF3N4O2S/c1-4-31(29,30)15-8-13(19(11-25)5-6-19)9-26-16(15)18-27-10-14(28(18)3)7-12(2)17(21)20(22,23)24/h8-10,12,17H,4-7H2,1-3H3. The summed E-state index contributed by atoms with van der Waals surface area (Å²) in [6, 6.07) is 3.70. The Hall–Kier alpha value is -2.12. The van der Waals surface area contributed by atoms with Gasteiger partial charge in [-0.1, -0.05) is 13.8 Å². The van der Waals surface area contributed by atoms with Crippen molar-refractivity contribution in [3.63, 3.8) is 0 Å². The summed E-state index contributed by atoms with van der Waals surface area (Å²) in [5.41, 5.74) is 0.417. The lowest BCUT2D eigenvalue weighted by molar-refractivity contribution is -0.138. The van der Waals surface area contributed by atoms with Crippen molar-refractivity contribution < 1.29 is 21.6 Å². The van der Waals surface area contributed by atoms with Crippen LogP contribution in [0.3, 0.4) is 0 Å². The van der Waals surface area contributed by atoms with Crippen molar-refractivity contribution in [2.45, 2.75) is 55.0 Å².